The smallest absolute Gasteiger partial charge is 0.341 e. The topological polar surface area (TPSA) is 340 Å². The lowest BCUT2D eigenvalue weighted by Crippen LogP contribution is -2.40. The van der Waals surface area contributed by atoms with Crippen LogP contribution in [0.25, 0.3) is 0 Å². The summed E-state index contributed by atoms with van der Waals surface area (Å²) >= 11 is 0. The largest absolute Gasteiger partial charge is 0.482 e. The van der Waals surface area contributed by atoms with Crippen molar-refractivity contribution in [3.63, 3.8) is 0 Å². The average molecular weight is 1870 g/mol. The molecule has 3 aliphatic heterocycles. The van der Waals surface area contributed by atoms with E-state index in [1.807, 2.05) is 187 Å². The first-order valence-electron chi connectivity index (χ1n) is 47.2. The molecule has 10 aromatic carbocycles. The van der Waals surface area contributed by atoms with Crippen molar-refractivity contribution < 1.29 is 102 Å². The number of amides is 3. The maximum absolute atomic E-state index is 17.0. The molecule has 3 heterocycles. The fourth-order valence-corrected chi connectivity index (χ4v) is 27.0. The maximum Gasteiger partial charge on any atom is 0.341 e. The summed E-state index contributed by atoms with van der Waals surface area (Å²) in [5, 5.41) is 61.2. The standard InChI is InChI=1S/C114H117N3O21/c1-61-31-70-76(40-88(61)133-49-94(118)119)112(55-103(70,4)5)58-106(10,11)73-37-82(91(43-79(73)112)136-52-97(124)125)109(16)67-25-19-22-28-85(67)115(100(109)130)46-64-34-65(47-116-86-29-23-20-26-68(86)110(17,101(116)131)83-38-74-80(44-92(83)137-53-98(126)127)113(59-107(74,12)13)56-104(6,7)71-32-62(2)89(41-77(71)113)134-50-95(120)121)36-66(35-64)48-117-87-30-24-21-27-69(87)111(18,102(117)132)84-39-75-81(45-93(84)138-54-99(128)129)114(60-108(75,14)15)57-105(8,9)72-33-63(3)90(42-78(72)114)135-51-96(122)123/h19-45H,46-60H2,1-18H3,(H,118,119)(H,120,121)(H,122,123)(H,124,125)(H,126,127)(H,128,129). The van der Waals surface area contributed by atoms with Gasteiger partial charge in [-0.3, -0.25) is 14.4 Å². The van der Waals surface area contributed by atoms with Gasteiger partial charge in [0.05, 0.1) is 19.6 Å². The lowest BCUT2D eigenvalue weighted by atomic mass is 9.72. The Bertz CT molecular complexity index is 6360. The molecule has 138 heavy (non-hydrogen) atoms. The van der Waals surface area contributed by atoms with Gasteiger partial charge in [-0.2, -0.15) is 0 Å². The number of hydrogen-bond donors (Lipinski definition) is 6. The molecule has 0 saturated heterocycles. The molecule has 0 radical (unpaired) electrons. The van der Waals surface area contributed by atoms with Crippen molar-refractivity contribution >= 4 is 70.6 Å². The van der Waals surface area contributed by atoms with E-state index in [0.29, 0.717) is 123 Å². The first-order valence-corrected chi connectivity index (χ1v) is 47.2. The number of nitrogens with zero attached hydrogens (tertiary/aromatic N) is 3. The van der Waals surface area contributed by atoms with E-state index in [-0.39, 0.29) is 54.6 Å². The molecule has 24 heteroatoms. The number of aliphatic carboxylic acids is 6. The summed E-state index contributed by atoms with van der Waals surface area (Å²) in [5.41, 5.74) is 10.6. The van der Waals surface area contributed by atoms with Crippen molar-refractivity contribution in [2.24, 2.45) is 0 Å². The van der Waals surface area contributed by atoms with E-state index in [1.54, 1.807) is 14.7 Å². The fraction of sp³-hybridized carbons (Fsp3) is 0.395. The fourth-order valence-electron chi connectivity index (χ4n) is 27.0. The van der Waals surface area contributed by atoms with E-state index in [1.165, 1.54) is 0 Å². The summed E-state index contributed by atoms with van der Waals surface area (Å²) < 4.78 is 37.6. The third-order valence-corrected chi connectivity index (χ3v) is 32.3. The second-order valence-corrected chi connectivity index (χ2v) is 44.6. The molecule has 0 saturated carbocycles. The van der Waals surface area contributed by atoms with Crippen LogP contribution in [-0.4, -0.2) is 124 Å². The SMILES string of the molecule is Cc1cc2c(cc1OCC(=O)O)C1(CC2(C)C)CC(C)(C)c2cc(C3(C)C(=O)N(Cc4cc(CN5C(=O)C(C)(c6cc7c(cc6OCC(=O)O)C6(CC(C)(C)c8cc(C)c(OCC(=O)O)cc86)CC7(C)C)c6ccccc65)cc(CN5C(=O)C(C)(c6cc7c(cc6OCC(=O)O)C6(CC(C)(C)c8cc(C)c(OCC(=O)O)cc86)CC7(C)C)c6ccccc65)c4)c4ccccc43)c(OCC(=O)O)cc21. The van der Waals surface area contributed by atoms with E-state index in [2.05, 4.69) is 101 Å². The van der Waals surface area contributed by atoms with Crippen LogP contribution in [0.3, 0.4) is 0 Å². The minimum absolute atomic E-state index is 0.0948. The monoisotopic (exact) mass is 1860 g/mol. The third-order valence-electron chi connectivity index (χ3n) is 32.3. The van der Waals surface area contributed by atoms with Crippen molar-refractivity contribution in [2.75, 3.05) is 54.3 Å². The lowest BCUT2D eigenvalue weighted by molar-refractivity contribution is -0.140. The molecule has 0 fully saturated rings. The van der Waals surface area contributed by atoms with Crippen molar-refractivity contribution in [2.45, 2.75) is 248 Å². The van der Waals surface area contributed by atoms with Crippen LogP contribution < -0.4 is 43.1 Å². The first kappa shape index (κ1) is 93.3. The summed E-state index contributed by atoms with van der Waals surface area (Å²) in [6.07, 6.45) is 3.67. The molecule has 0 bridgehead atoms. The number of hydrogen-bond acceptors (Lipinski definition) is 15. The second kappa shape index (κ2) is 31.6. The molecule has 0 aromatic heterocycles. The maximum atomic E-state index is 17.0. The molecule has 6 unspecified atom stereocenters. The van der Waals surface area contributed by atoms with E-state index in [9.17, 15) is 59.4 Å². The molecule has 6 aliphatic carbocycles. The molecule has 3 spiro atoms. The minimum atomic E-state index is -1.57. The number of benzene rings is 10. The van der Waals surface area contributed by atoms with E-state index < -0.39 is 140 Å². The predicted molar refractivity (Wildman–Crippen MR) is 519 cm³/mol. The van der Waals surface area contributed by atoms with Gasteiger partial charge in [-0.15, -0.1) is 0 Å². The van der Waals surface area contributed by atoms with Crippen LogP contribution in [0.1, 0.15) is 276 Å². The molecular weight excluding hydrogens is 1750 g/mol. The summed E-state index contributed by atoms with van der Waals surface area (Å²) in [7, 11) is 0. The van der Waals surface area contributed by atoms with Crippen LogP contribution in [0.4, 0.5) is 17.1 Å². The van der Waals surface area contributed by atoms with Gasteiger partial charge in [0.25, 0.3) is 0 Å². The zero-order valence-corrected chi connectivity index (χ0v) is 81.3. The first-order chi connectivity index (χ1) is 64.7. The number of carboxylic acids is 6. The van der Waals surface area contributed by atoms with Crippen molar-refractivity contribution in [3.05, 3.63) is 297 Å². The molecule has 9 aliphatic rings. The molecule has 3 amide bonds. The number of anilines is 3. The van der Waals surface area contributed by atoms with Crippen LogP contribution in [0.2, 0.25) is 0 Å². The Morgan fingerprint density at radius 2 is 0.435 bits per heavy atom. The quantitative estimate of drug-likeness (QED) is 0.0278. The van der Waals surface area contributed by atoms with Gasteiger partial charge in [0, 0.05) is 50.0 Å². The number of aryl methyl sites for hydroxylation is 3. The van der Waals surface area contributed by atoms with Crippen molar-refractivity contribution in [1.29, 1.82) is 0 Å². The van der Waals surface area contributed by atoms with E-state index in [4.69, 9.17) is 28.4 Å². The van der Waals surface area contributed by atoms with Crippen molar-refractivity contribution in [1.82, 2.24) is 0 Å². The Morgan fingerprint density at radius 3 is 0.645 bits per heavy atom. The van der Waals surface area contributed by atoms with Gasteiger partial charge >= 0.3 is 35.8 Å². The van der Waals surface area contributed by atoms with Crippen molar-refractivity contribution in [3.8, 4) is 34.5 Å². The van der Waals surface area contributed by atoms with E-state index in [0.717, 1.165) is 83.5 Å². The van der Waals surface area contributed by atoms with Gasteiger partial charge in [-0.1, -0.05) is 174 Å². The summed E-state index contributed by atoms with van der Waals surface area (Å²) in [6, 6.07) is 52.4. The number of ether oxygens (including phenoxy) is 6. The summed E-state index contributed by atoms with van der Waals surface area (Å²) in [5.74, 6) is -6.31. The van der Waals surface area contributed by atoms with Crippen LogP contribution >= 0.6 is 0 Å². The Labute approximate surface area is 802 Å². The van der Waals surface area contributed by atoms with Gasteiger partial charge in [0.1, 0.15) is 50.7 Å². The number of carbonyl (C=O) groups is 9. The van der Waals surface area contributed by atoms with Gasteiger partial charge in [0.2, 0.25) is 17.7 Å². The van der Waals surface area contributed by atoms with Gasteiger partial charge in [-0.05, 0) is 302 Å². The van der Waals surface area contributed by atoms with E-state index >= 15 is 14.4 Å². The molecule has 19 rings (SSSR count). The zero-order valence-electron chi connectivity index (χ0n) is 81.3. The Balaban J connectivity index is 0.749. The van der Waals surface area contributed by atoms with Crippen LogP contribution in [0.5, 0.6) is 34.5 Å². The lowest BCUT2D eigenvalue weighted by Gasteiger charge is -2.32. The second-order valence-electron chi connectivity index (χ2n) is 44.6. The molecule has 714 valence electrons. The molecule has 6 atom stereocenters. The number of carboxylic acid groups (broad SMARTS) is 6. The number of fused-ring (bicyclic) bond motifs is 15. The highest BCUT2D eigenvalue weighted by molar-refractivity contribution is 6.13. The summed E-state index contributed by atoms with van der Waals surface area (Å²) in [4.78, 5) is 131. The normalized spacial score (nSPS) is 23.5. The van der Waals surface area contributed by atoms with Gasteiger partial charge in [0.15, 0.2) is 39.6 Å². The summed E-state index contributed by atoms with van der Waals surface area (Å²) in [6.45, 7) is 33.2. The minimum Gasteiger partial charge on any atom is -0.482 e. The molecular formula is C114H117N3O21. The molecule has 10 aromatic rings. The average Bonchev–Trinajstić information content (AvgIpc) is 1.52. The van der Waals surface area contributed by atoms with Gasteiger partial charge in [-0.25, -0.2) is 28.8 Å². The number of rotatable bonds is 27. The Hall–Kier alpha value is -13.8. The number of para-hydroxylation sites is 3. The highest BCUT2D eigenvalue weighted by atomic mass is 16.5. The number of carbonyl (C=O) groups excluding carboxylic acids is 3. The van der Waals surface area contributed by atoms with Crippen LogP contribution in [0.15, 0.2) is 164 Å². The Kier molecular flexibility index (Phi) is 21.4. The third kappa shape index (κ3) is 14.2. The van der Waals surface area contributed by atoms with Crippen LogP contribution in [0, 0.1) is 20.8 Å². The highest BCUT2D eigenvalue weighted by Gasteiger charge is 2.64. The molecule has 6 N–H and O–H groups in total. The van der Waals surface area contributed by atoms with Crippen LogP contribution in [-0.2, 0) is 128 Å². The predicted octanol–water partition coefficient (Wildman–Crippen LogP) is 18.9. The molecule has 24 nitrogen and oxygen atoms in total. The Morgan fingerprint density at radius 1 is 0.246 bits per heavy atom. The zero-order chi connectivity index (χ0) is 98.9. The van der Waals surface area contributed by atoms with Gasteiger partial charge < -0.3 is 73.8 Å². The highest BCUT2D eigenvalue weighted by Crippen LogP contribution is 2.70.